The van der Waals surface area contributed by atoms with Crippen LogP contribution in [0.15, 0.2) is 48.5 Å². The summed E-state index contributed by atoms with van der Waals surface area (Å²) >= 11 is 0. The van der Waals surface area contributed by atoms with Gasteiger partial charge < -0.3 is 20.6 Å². The first-order chi connectivity index (χ1) is 18.9. The predicted octanol–water partition coefficient (Wildman–Crippen LogP) is 3.16. The number of rotatable bonds is 7. The van der Waals surface area contributed by atoms with E-state index in [4.69, 9.17) is 0 Å². The fourth-order valence-corrected chi connectivity index (χ4v) is 5.53. The molecule has 2 aromatic rings. The molecule has 0 radical (unpaired) electrons. The average molecular weight is 561 g/mol. The van der Waals surface area contributed by atoms with Crippen molar-refractivity contribution in [1.29, 1.82) is 0 Å². The maximum atomic E-state index is 12.9. The minimum absolute atomic E-state index is 0.0870. The van der Waals surface area contributed by atoms with E-state index >= 15 is 0 Å². The fraction of sp³-hybridized carbons (Fsp3) is 0.483. The van der Waals surface area contributed by atoms with Gasteiger partial charge in [-0.3, -0.25) is 19.3 Å². The highest BCUT2D eigenvalue weighted by molar-refractivity contribution is 5.96. The molecule has 4 rings (SSSR count). The third-order valence-electron chi connectivity index (χ3n) is 7.82. The summed E-state index contributed by atoms with van der Waals surface area (Å²) in [6, 6.07) is 11.4. The number of alkyl halides is 3. The molecule has 2 aliphatic rings. The van der Waals surface area contributed by atoms with Crippen molar-refractivity contribution < 1.29 is 32.7 Å². The van der Waals surface area contributed by atoms with Crippen LogP contribution in [0.3, 0.4) is 0 Å². The summed E-state index contributed by atoms with van der Waals surface area (Å²) in [6.07, 6.45) is -1.04. The second-order valence-electron chi connectivity index (χ2n) is 10.8. The van der Waals surface area contributed by atoms with Crippen molar-refractivity contribution in [1.82, 2.24) is 20.4 Å². The second-order valence-corrected chi connectivity index (χ2v) is 10.8. The number of carbonyl (C=O) groups is 3. The minimum Gasteiger partial charge on any atom is -0.385 e. The molecule has 0 aromatic heterocycles. The van der Waals surface area contributed by atoms with Crippen LogP contribution in [0.2, 0.25) is 0 Å². The standard InChI is InChI=1S/C29H35F3N4O4/c1-35(2)27(39)19-6-8-21(9-7-19)28(40)13-10-24(11-14-28)36-15-12-23(18-36)34-25(37)17-33-26(38)20-4-3-5-22(16-20)29(30,31)32/h3-9,16,23-24,40H,10-15,17-18H2,1-2H3,(H,33,38)(H,34,37). The maximum Gasteiger partial charge on any atom is 0.416 e. The maximum absolute atomic E-state index is 12.9. The Morgan fingerprint density at radius 1 is 1.02 bits per heavy atom. The first-order valence-electron chi connectivity index (χ1n) is 13.4. The molecule has 216 valence electrons. The van der Waals surface area contributed by atoms with Crippen LogP contribution >= 0.6 is 0 Å². The average Bonchev–Trinajstić information content (AvgIpc) is 3.39. The third kappa shape index (κ3) is 7.00. The lowest BCUT2D eigenvalue weighted by Gasteiger charge is -2.40. The van der Waals surface area contributed by atoms with E-state index in [0.29, 0.717) is 24.9 Å². The molecular weight excluding hydrogens is 525 g/mol. The monoisotopic (exact) mass is 560 g/mol. The lowest BCUT2D eigenvalue weighted by molar-refractivity contribution is -0.137. The molecule has 1 atom stereocenters. The molecule has 1 unspecified atom stereocenters. The largest absolute Gasteiger partial charge is 0.416 e. The van der Waals surface area contributed by atoms with Crippen LogP contribution in [0.5, 0.6) is 0 Å². The number of likely N-dealkylation sites (tertiary alicyclic amines) is 1. The predicted molar refractivity (Wildman–Crippen MR) is 143 cm³/mol. The Balaban J connectivity index is 1.22. The van der Waals surface area contributed by atoms with Crippen molar-refractivity contribution in [3.05, 3.63) is 70.8 Å². The number of aliphatic hydroxyl groups is 1. The van der Waals surface area contributed by atoms with Gasteiger partial charge in [0.25, 0.3) is 11.8 Å². The summed E-state index contributed by atoms with van der Waals surface area (Å²) < 4.78 is 38.7. The lowest BCUT2D eigenvalue weighted by atomic mass is 9.77. The van der Waals surface area contributed by atoms with Crippen LogP contribution in [0, 0.1) is 0 Å². The zero-order chi connectivity index (χ0) is 29.1. The van der Waals surface area contributed by atoms with E-state index in [2.05, 4.69) is 15.5 Å². The summed E-state index contributed by atoms with van der Waals surface area (Å²) in [4.78, 5) is 40.6. The van der Waals surface area contributed by atoms with Crippen molar-refractivity contribution in [3.63, 3.8) is 0 Å². The molecule has 2 fully saturated rings. The summed E-state index contributed by atoms with van der Waals surface area (Å²) in [5.41, 5.74) is -0.649. The highest BCUT2D eigenvalue weighted by Crippen LogP contribution is 2.39. The Labute approximate surface area is 231 Å². The quantitative estimate of drug-likeness (QED) is 0.483. The highest BCUT2D eigenvalue weighted by atomic mass is 19.4. The van der Waals surface area contributed by atoms with Crippen LogP contribution in [0.4, 0.5) is 13.2 Å². The molecular formula is C29H35F3N4O4. The number of halogens is 3. The summed E-state index contributed by atoms with van der Waals surface area (Å²) in [6.45, 7) is 1.12. The zero-order valence-electron chi connectivity index (χ0n) is 22.6. The van der Waals surface area contributed by atoms with Crippen molar-refractivity contribution >= 4 is 17.7 Å². The number of hydrogen-bond donors (Lipinski definition) is 3. The smallest absolute Gasteiger partial charge is 0.385 e. The third-order valence-corrected chi connectivity index (χ3v) is 7.82. The molecule has 3 N–H and O–H groups in total. The fourth-order valence-electron chi connectivity index (χ4n) is 5.53. The van der Waals surface area contributed by atoms with Gasteiger partial charge in [0.2, 0.25) is 5.91 Å². The molecule has 0 spiro atoms. The number of nitrogens with zero attached hydrogens (tertiary/aromatic N) is 2. The van der Waals surface area contributed by atoms with Gasteiger partial charge in [-0.2, -0.15) is 13.2 Å². The Morgan fingerprint density at radius 2 is 1.70 bits per heavy atom. The van der Waals surface area contributed by atoms with Crippen LogP contribution < -0.4 is 10.6 Å². The van der Waals surface area contributed by atoms with Gasteiger partial charge in [-0.1, -0.05) is 18.2 Å². The number of hydrogen-bond acceptors (Lipinski definition) is 5. The normalized spacial score (nSPS) is 23.4. The van der Waals surface area contributed by atoms with Gasteiger partial charge in [-0.15, -0.1) is 0 Å². The van der Waals surface area contributed by atoms with Crippen LogP contribution in [0.1, 0.15) is 63.9 Å². The molecule has 1 aliphatic heterocycles. The van der Waals surface area contributed by atoms with E-state index in [-0.39, 0.29) is 30.1 Å². The number of amides is 3. The van der Waals surface area contributed by atoms with Gasteiger partial charge in [0.05, 0.1) is 17.7 Å². The van der Waals surface area contributed by atoms with Gasteiger partial charge in [0, 0.05) is 50.4 Å². The lowest BCUT2D eigenvalue weighted by Crippen LogP contribution is -2.45. The van der Waals surface area contributed by atoms with Crippen molar-refractivity contribution in [2.45, 2.75) is 56.0 Å². The highest BCUT2D eigenvalue weighted by Gasteiger charge is 2.38. The van der Waals surface area contributed by atoms with Gasteiger partial charge in [0.1, 0.15) is 0 Å². The van der Waals surface area contributed by atoms with Crippen LogP contribution in [-0.4, -0.2) is 78.4 Å². The SMILES string of the molecule is CN(C)C(=O)c1ccc(C2(O)CCC(N3CCC(NC(=O)CNC(=O)c4cccc(C(F)(F)F)c4)C3)CC2)cc1. The molecule has 1 heterocycles. The minimum atomic E-state index is -4.56. The number of carbonyl (C=O) groups excluding carboxylic acids is 3. The van der Waals surface area contributed by atoms with Crippen molar-refractivity contribution in [3.8, 4) is 0 Å². The second kappa shape index (κ2) is 12.0. The topological polar surface area (TPSA) is 102 Å². The summed E-state index contributed by atoms with van der Waals surface area (Å²) in [7, 11) is 3.39. The molecule has 11 heteroatoms. The van der Waals surface area contributed by atoms with E-state index in [1.807, 2.05) is 12.1 Å². The molecule has 1 saturated carbocycles. The molecule has 1 saturated heterocycles. The number of benzene rings is 2. The van der Waals surface area contributed by atoms with E-state index in [0.717, 1.165) is 49.6 Å². The number of nitrogens with one attached hydrogen (secondary N) is 2. The molecule has 0 bridgehead atoms. The Kier molecular flexibility index (Phi) is 8.84. The van der Waals surface area contributed by atoms with Crippen LogP contribution in [-0.2, 0) is 16.6 Å². The van der Waals surface area contributed by atoms with E-state index in [1.165, 1.54) is 11.0 Å². The summed E-state index contributed by atoms with van der Waals surface area (Å²) in [5, 5.41) is 16.6. The molecule has 8 nitrogen and oxygen atoms in total. The van der Waals surface area contributed by atoms with Crippen LogP contribution in [0.25, 0.3) is 0 Å². The Bertz CT molecular complexity index is 1220. The zero-order valence-corrected chi connectivity index (χ0v) is 22.6. The van der Waals surface area contributed by atoms with E-state index < -0.39 is 29.2 Å². The van der Waals surface area contributed by atoms with Gasteiger partial charge in [-0.05, 0) is 68.0 Å². The Morgan fingerprint density at radius 3 is 2.33 bits per heavy atom. The summed E-state index contributed by atoms with van der Waals surface area (Å²) in [5.74, 6) is -1.24. The molecule has 1 aliphatic carbocycles. The molecule has 40 heavy (non-hydrogen) atoms. The first kappa shape index (κ1) is 29.5. The van der Waals surface area contributed by atoms with Crippen molar-refractivity contribution in [2.75, 3.05) is 33.7 Å². The first-order valence-corrected chi connectivity index (χ1v) is 13.4. The van der Waals surface area contributed by atoms with E-state index in [9.17, 15) is 32.7 Å². The molecule has 3 amide bonds. The Hall–Kier alpha value is -3.44. The van der Waals surface area contributed by atoms with Gasteiger partial charge >= 0.3 is 6.18 Å². The van der Waals surface area contributed by atoms with Gasteiger partial charge in [0.15, 0.2) is 0 Å². The van der Waals surface area contributed by atoms with Crippen molar-refractivity contribution in [2.24, 2.45) is 0 Å². The molecule has 2 aromatic carbocycles. The van der Waals surface area contributed by atoms with Gasteiger partial charge in [-0.25, -0.2) is 0 Å². The van der Waals surface area contributed by atoms with E-state index in [1.54, 1.807) is 26.2 Å².